The number of nitrogens with one attached hydrogen (secondary N) is 1. The van der Waals surface area contributed by atoms with Gasteiger partial charge in [0.25, 0.3) is 5.91 Å². The van der Waals surface area contributed by atoms with E-state index in [9.17, 15) is 4.79 Å². The molecule has 0 aliphatic carbocycles. The van der Waals surface area contributed by atoms with Crippen molar-refractivity contribution in [2.75, 3.05) is 0 Å². The molecule has 3 heterocycles. The molecular weight excluding hydrogens is 268 g/mol. The standard InChI is InChI=1S/C15H14N4O2/c1-10-5-6-13-17-11(2)14(19(13)9-10)15(20)18-16-8-12-4-3-7-21-12/h3-9H,1-2H3,(H,18,20)/b16-8-. The summed E-state index contributed by atoms with van der Waals surface area (Å²) in [6, 6.07) is 7.34. The third kappa shape index (κ3) is 2.55. The predicted octanol–water partition coefficient (Wildman–Crippen LogP) is 2.31. The number of amides is 1. The SMILES string of the molecule is Cc1ccc2nc(C)c(C(=O)N/N=C\c3ccco3)n2c1. The predicted molar refractivity (Wildman–Crippen MR) is 78.4 cm³/mol. The molecule has 3 rings (SSSR count). The molecule has 1 N–H and O–H groups in total. The first-order chi connectivity index (χ1) is 10.1. The Bertz CT molecular complexity index is 816. The molecule has 0 fully saturated rings. The van der Waals surface area contributed by atoms with Crippen LogP contribution >= 0.6 is 0 Å². The zero-order chi connectivity index (χ0) is 14.8. The maximum atomic E-state index is 12.3. The quantitative estimate of drug-likeness (QED) is 0.592. The van der Waals surface area contributed by atoms with Crippen LogP contribution in [0.15, 0.2) is 46.2 Å². The van der Waals surface area contributed by atoms with Crippen molar-refractivity contribution in [3.8, 4) is 0 Å². The lowest BCUT2D eigenvalue weighted by atomic mass is 10.3. The number of nitrogens with zero attached hydrogens (tertiary/aromatic N) is 3. The Morgan fingerprint density at radius 2 is 2.24 bits per heavy atom. The van der Waals surface area contributed by atoms with Gasteiger partial charge < -0.3 is 4.42 Å². The topological polar surface area (TPSA) is 71.9 Å². The molecule has 0 bridgehead atoms. The summed E-state index contributed by atoms with van der Waals surface area (Å²) in [4.78, 5) is 16.6. The van der Waals surface area contributed by atoms with Crippen molar-refractivity contribution < 1.29 is 9.21 Å². The number of hydrazone groups is 1. The molecule has 0 radical (unpaired) electrons. The highest BCUT2D eigenvalue weighted by Gasteiger charge is 2.15. The van der Waals surface area contributed by atoms with Gasteiger partial charge >= 0.3 is 0 Å². The van der Waals surface area contributed by atoms with Gasteiger partial charge in [-0.15, -0.1) is 0 Å². The number of pyridine rings is 1. The highest BCUT2D eigenvalue weighted by atomic mass is 16.3. The summed E-state index contributed by atoms with van der Waals surface area (Å²) >= 11 is 0. The molecule has 21 heavy (non-hydrogen) atoms. The number of carbonyl (C=O) groups excluding carboxylic acids is 1. The van der Waals surface area contributed by atoms with Crippen LogP contribution in [0.5, 0.6) is 0 Å². The normalized spacial score (nSPS) is 11.3. The van der Waals surface area contributed by atoms with E-state index >= 15 is 0 Å². The maximum Gasteiger partial charge on any atom is 0.290 e. The molecular formula is C15H14N4O2. The van der Waals surface area contributed by atoms with Crippen LogP contribution in [0.2, 0.25) is 0 Å². The van der Waals surface area contributed by atoms with Crippen LogP contribution in [0.25, 0.3) is 5.65 Å². The zero-order valence-corrected chi connectivity index (χ0v) is 11.7. The van der Waals surface area contributed by atoms with Gasteiger partial charge in [-0.1, -0.05) is 6.07 Å². The van der Waals surface area contributed by atoms with E-state index in [4.69, 9.17) is 4.42 Å². The largest absolute Gasteiger partial charge is 0.463 e. The van der Waals surface area contributed by atoms with E-state index < -0.39 is 0 Å². The number of hydrogen-bond donors (Lipinski definition) is 1. The van der Waals surface area contributed by atoms with Gasteiger partial charge in [0.2, 0.25) is 0 Å². The number of aryl methyl sites for hydroxylation is 2. The lowest BCUT2D eigenvalue weighted by molar-refractivity contribution is 0.0948. The van der Waals surface area contributed by atoms with Crippen molar-refractivity contribution in [3.05, 3.63) is 59.4 Å². The molecule has 0 unspecified atom stereocenters. The number of fused-ring (bicyclic) bond motifs is 1. The van der Waals surface area contributed by atoms with Gasteiger partial charge in [-0.2, -0.15) is 5.10 Å². The molecule has 106 valence electrons. The molecule has 0 spiro atoms. The first-order valence-electron chi connectivity index (χ1n) is 6.47. The summed E-state index contributed by atoms with van der Waals surface area (Å²) in [6.45, 7) is 3.76. The van der Waals surface area contributed by atoms with Crippen molar-refractivity contribution in [1.82, 2.24) is 14.8 Å². The van der Waals surface area contributed by atoms with Crippen molar-refractivity contribution in [3.63, 3.8) is 0 Å². The Hall–Kier alpha value is -2.89. The Morgan fingerprint density at radius 3 is 3.00 bits per heavy atom. The molecule has 0 aliphatic heterocycles. The van der Waals surface area contributed by atoms with Gasteiger partial charge in [0.1, 0.15) is 17.1 Å². The zero-order valence-electron chi connectivity index (χ0n) is 11.7. The lowest BCUT2D eigenvalue weighted by Crippen LogP contribution is -2.20. The Labute approximate surface area is 121 Å². The Morgan fingerprint density at radius 1 is 1.38 bits per heavy atom. The second-order valence-corrected chi connectivity index (χ2v) is 4.70. The maximum absolute atomic E-state index is 12.3. The number of furan rings is 1. The second-order valence-electron chi connectivity index (χ2n) is 4.70. The molecule has 1 amide bonds. The Kier molecular flexibility index (Phi) is 3.27. The van der Waals surface area contributed by atoms with Gasteiger partial charge in [-0.3, -0.25) is 9.20 Å². The van der Waals surface area contributed by atoms with Crippen LogP contribution < -0.4 is 5.43 Å². The van der Waals surface area contributed by atoms with Crippen LogP contribution in [-0.2, 0) is 0 Å². The summed E-state index contributed by atoms with van der Waals surface area (Å²) in [7, 11) is 0. The van der Waals surface area contributed by atoms with E-state index in [0.29, 0.717) is 17.1 Å². The average molecular weight is 282 g/mol. The minimum absolute atomic E-state index is 0.312. The molecule has 3 aromatic rings. The van der Waals surface area contributed by atoms with Crippen molar-refractivity contribution in [1.29, 1.82) is 0 Å². The number of carbonyl (C=O) groups is 1. The van der Waals surface area contributed by atoms with Crippen LogP contribution in [0, 0.1) is 13.8 Å². The monoisotopic (exact) mass is 282 g/mol. The summed E-state index contributed by atoms with van der Waals surface area (Å²) in [5, 5.41) is 3.88. The molecule has 0 atom stereocenters. The second kappa shape index (κ2) is 5.24. The van der Waals surface area contributed by atoms with E-state index in [2.05, 4.69) is 15.5 Å². The third-order valence-electron chi connectivity index (χ3n) is 3.06. The average Bonchev–Trinajstić information content (AvgIpc) is 3.05. The summed E-state index contributed by atoms with van der Waals surface area (Å²) in [5.41, 5.74) is 5.40. The van der Waals surface area contributed by atoms with Crippen LogP contribution in [0.3, 0.4) is 0 Å². The number of aromatic nitrogens is 2. The van der Waals surface area contributed by atoms with Gasteiger partial charge in [0.15, 0.2) is 0 Å². The molecule has 0 saturated heterocycles. The summed E-state index contributed by atoms with van der Waals surface area (Å²) in [6.07, 6.45) is 4.86. The number of hydrogen-bond acceptors (Lipinski definition) is 4. The van der Waals surface area contributed by atoms with E-state index in [-0.39, 0.29) is 5.91 Å². The molecule has 6 nitrogen and oxygen atoms in total. The first kappa shape index (κ1) is 13.1. The highest BCUT2D eigenvalue weighted by Crippen LogP contribution is 2.13. The van der Waals surface area contributed by atoms with Crippen LogP contribution in [0.1, 0.15) is 27.5 Å². The van der Waals surface area contributed by atoms with Crippen molar-refractivity contribution in [2.45, 2.75) is 13.8 Å². The number of imidazole rings is 1. The fraction of sp³-hybridized carbons (Fsp3) is 0.133. The van der Waals surface area contributed by atoms with Gasteiger partial charge in [0, 0.05) is 6.20 Å². The first-order valence-corrected chi connectivity index (χ1v) is 6.47. The molecule has 0 aliphatic rings. The fourth-order valence-electron chi connectivity index (χ4n) is 2.11. The van der Waals surface area contributed by atoms with Crippen LogP contribution in [0.4, 0.5) is 0 Å². The third-order valence-corrected chi connectivity index (χ3v) is 3.06. The van der Waals surface area contributed by atoms with E-state index in [0.717, 1.165) is 11.2 Å². The van der Waals surface area contributed by atoms with Gasteiger partial charge in [-0.25, -0.2) is 10.4 Å². The highest BCUT2D eigenvalue weighted by molar-refractivity contribution is 5.95. The lowest BCUT2D eigenvalue weighted by Gasteiger charge is -2.02. The summed E-state index contributed by atoms with van der Waals surface area (Å²) in [5.74, 6) is 0.259. The van der Waals surface area contributed by atoms with Crippen molar-refractivity contribution in [2.24, 2.45) is 5.10 Å². The van der Waals surface area contributed by atoms with Gasteiger partial charge in [0.05, 0.1) is 18.2 Å². The van der Waals surface area contributed by atoms with Gasteiger partial charge in [-0.05, 0) is 37.6 Å². The van der Waals surface area contributed by atoms with Crippen LogP contribution in [-0.4, -0.2) is 21.5 Å². The fourth-order valence-corrected chi connectivity index (χ4v) is 2.11. The van der Waals surface area contributed by atoms with Crippen molar-refractivity contribution >= 4 is 17.8 Å². The number of rotatable bonds is 3. The molecule has 3 aromatic heterocycles. The molecule has 6 heteroatoms. The minimum atomic E-state index is -0.312. The molecule has 0 saturated carbocycles. The smallest absolute Gasteiger partial charge is 0.290 e. The van der Waals surface area contributed by atoms with E-state index in [1.165, 1.54) is 6.21 Å². The van der Waals surface area contributed by atoms with E-state index in [1.54, 1.807) is 29.7 Å². The summed E-state index contributed by atoms with van der Waals surface area (Å²) < 4.78 is 6.86. The molecule has 0 aromatic carbocycles. The van der Waals surface area contributed by atoms with E-state index in [1.807, 2.05) is 25.3 Å². The minimum Gasteiger partial charge on any atom is -0.463 e. The Balaban J connectivity index is 1.87.